The molecule has 0 amide bonds. The Morgan fingerprint density at radius 3 is 2.18 bits per heavy atom. The van der Waals surface area contributed by atoms with Crippen LogP contribution in [0.3, 0.4) is 0 Å². The van der Waals surface area contributed by atoms with Gasteiger partial charge in [-0.05, 0) is 35.6 Å². The molecule has 1 aromatic heterocycles. The monoisotopic (exact) mass is 239 g/mol. The van der Waals surface area contributed by atoms with Crippen molar-refractivity contribution in [2.45, 2.75) is 46.5 Å². The molecular formula is C14H19F2N. The molecule has 0 saturated heterocycles. The zero-order valence-corrected chi connectivity index (χ0v) is 11.1. The number of pyridine rings is 1. The van der Waals surface area contributed by atoms with Gasteiger partial charge in [0.2, 0.25) is 0 Å². The highest BCUT2D eigenvalue weighted by atomic mass is 19.3. The maximum Gasteiger partial charge on any atom is 0.280 e. The lowest BCUT2D eigenvalue weighted by Crippen LogP contribution is -2.38. The molecule has 1 aromatic rings. The van der Waals surface area contributed by atoms with Crippen LogP contribution in [0.4, 0.5) is 8.78 Å². The predicted octanol–water partition coefficient (Wildman–Crippen LogP) is 2.84. The van der Waals surface area contributed by atoms with Crippen molar-refractivity contribution in [3.63, 3.8) is 0 Å². The maximum absolute atomic E-state index is 12.9. The first-order valence-electron chi connectivity index (χ1n) is 5.64. The second-order valence-corrected chi connectivity index (χ2v) is 5.20. The summed E-state index contributed by atoms with van der Waals surface area (Å²) in [5.74, 6) is 0. The van der Waals surface area contributed by atoms with Crippen molar-refractivity contribution < 1.29 is 8.78 Å². The van der Waals surface area contributed by atoms with Gasteiger partial charge in [-0.2, -0.15) is 0 Å². The molecule has 0 spiro atoms. The first kappa shape index (κ1) is 13.8. The molecule has 0 fully saturated rings. The van der Waals surface area contributed by atoms with Gasteiger partial charge >= 0.3 is 0 Å². The smallest absolute Gasteiger partial charge is 0.247 e. The number of halogens is 2. The summed E-state index contributed by atoms with van der Waals surface area (Å²) in [7, 11) is 0. The van der Waals surface area contributed by atoms with Gasteiger partial charge in [0.25, 0.3) is 6.43 Å². The van der Waals surface area contributed by atoms with Gasteiger partial charge in [-0.25, -0.2) is 13.8 Å². The van der Waals surface area contributed by atoms with Crippen LogP contribution in [0.2, 0.25) is 0 Å². The minimum absolute atomic E-state index is 0.129. The van der Waals surface area contributed by atoms with E-state index in [1.165, 1.54) is 0 Å². The summed E-state index contributed by atoms with van der Waals surface area (Å²) >= 11 is 0. The molecule has 94 valence electrons. The van der Waals surface area contributed by atoms with Gasteiger partial charge in [0.15, 0.2) is 0 Å². The summed E-state index contributed by atoms with van der Waals surface area (Å²) in [4.78, 5) is 4.00. The second-order valence-electron chi connectivity index (χ2n) is 5.20. The molecule has 17 heavy (non-hydrogen) atoms. The van der Waals surface area contributed by atoms with E-state index in [-0.39, 0.29) is 11.1 Å². The Morgan fingerprint density at radius 2 is 1.82 bits per heavy atom. The van der Waals surface area contributed by atoms with Crippen LogP contribution in [-0.2, 0) is 5.41 Å². The molecular weight excluding hydrogens is 220 g/mol. The first-order chi connectivity index (χ1) is 7.70. The third-order valence-corrected chi connectivity index (χ3v) is 2.84. The Balaban J connectivity index is 3.82. The molecule has 0 bridgehead atoms. The molecule has 1 nitrogen and oxygen atoms in total. The van der Waals surface area contributed by atoms with Gasteiger partial charge in [-0.1, -0.05) is 33.4 Å². The lowest BCUT2D eigenvalue weighted by atomic mass is 9.82. The number of rotatable bonds is 1. The van der Waals surface area contributed by atoms with Crippen LogP contribution in [0.15, 0.2) is 0 Å². The minimum atomic E-state index is -2.55. The van der Waals surface area contributed by atoms with Crippen LogP contribution in [-0.4, -0.2) is 4.98 Å². The number of nitrogens with zero attached hydrogens (tertiary/aromatic N) is 1. The number of hydrogen-bond donors (Lipinski definition) is 0. The molecule has 0 N–H and O–H groups in total. The van der Waals surface area contributed by atoms with E-state index in [2.05, 4.69) is 11.6 Å². The van der Waals surface area contributed by atoms with Crippen LogP contribution in [0.25, 0.3) is 12.7 Å². The van der Waals surface area contributed by atoms with Gasteiger partial charge in [0.05, 0.1) is 5.35 Å². The van der Waals surface area contributed by atoms with Crippen molar-refractivity contribution in [1.82, 2.24) is 4.98 Å². The molecule has 0 saturated carbocycles. The van der Waals surface area contributed by atoms with E-state index in [0.29, 0.717) is 10.9 Å². The molecule has 0 unspecified atom stereocenters. The summed E-state index contributed by atoms with van der Waals surface area (Å²) in [6.07, 6.45) is -0.821. The normalized spacial score (nSPS) is 13.5. The van der Waals surface area contributed by atoms with Crippen LogP contribution in [0.1, 0.15) is 50.9 Å². The van der Waals surface area contributed by atoms with Crippen LogP contribution >= 0.6 is 0 Å². The molecule has 0 aliphatic heterocycles. The van der Waals surface area contributed by atoms with E-state index in [1.54, 1.807) is 19.9 Å². The van der Waals surface area contributed by atoms with Crippen molar-refractivity contribution >= 4 is 12.7 Å². The van der Waals surface area contributed by atoms with Gasteiger partial charge in [-0.3, -0.25) is 0 Å². The van der Waals surface area contributed by atoms with E-state index < -0.39 is 6.43 Å². The first-order valence-corrected chi connectivity index (χ1v) is 5.64. The van der Waals surface area contributed by atoms with Crippen molar-refractivity contribution in [3.8, 4) is 0 Å². The molecule has 3 heteroatoms. The molecule has 0 atom stereocenters. The van der Waals surface area contributed by atoms with Crippen LogP contribution < -0.4 is 10.6 Å². The largest absolute Gasteiger partial charge is 0.280 e. The van der Waals surface area contributed by atoms with Crippen molar-refractivity contribution in [2.75, 3.05) is 0 Å². The van der Waals surface area contributed by atoms with Crippen molar-refractivity contribution in [3.05, 3.63) is 27.4 Å². The highest BCUT2D eigenvalue weighted by Gasteiger charge is 2.23. The Hall–Kier alpha value is -1.25. The zero-order chi connectivity index (χ0) is 13.4. The molecule has 0 aliphatic rings. The lowest BCUT2D eigenvalue weighted by molar-refractivity contribution is 0.144. The number of aromatic nitrogens is 1. The minimum Gasteiger partial charge on any atom is -0.247 e. The molecule has 1 heterocycles. The topological polar surface area (TPSA) is 12.9 Å². The van der Waals surface area contributed by atoms with Crippen LogP contribution in [0, 0.1) is 6.92 Å². The third kappa shape index (κ3) is 2.54. The fourth-order valence-electron chi connectivity index (χ4n) is 2.23. The number of hydrogen-bond acceptors (Lipinski definition) is 1. The van der Waals surface area contributed by atoms with Crippen molar-refractivity contribution in [2.24, 2.45) is 0 Å². The SMILES string of the molecule is C=c1c(C(C)(C)C)c(C)c(C(F)F)n/c1=C/C. The average Bonchev–Trinajstić information content (AvgIpc) is 2.15. The fraction of sp³-hybridized carbons (Fsp3) is 0.500. The van der Waals surface area contributed by atoms with Crippen molar-refractivity contribution in [1.29, 1.82) is 0 Å². The fourth-order valence-corrected chi connectivity index (χ4v) is 2.23. The molecule has 0 aromatic carbocycles. The van der Waals surface area contributed by atoms with E-state index in [4.69, 9.17) is 0 Å². The lowest BCUT2D eigenvalue weighted by Gasteiger charge is -2.24. The van der Waals surface area contributed by atoms with Crippen LogP contribution in [0.5, 0.6) is 0 Å². The van der Waals surface area contributed by atoms with E-state index in [0.717, 1.165) is 10.8 Å². The molecule has 0 radical (unpaired) electrons. The average molecular weight is 239 g/mol. The highest BCUT2D eigenvalue weighted by molar-refractivity contribution is 5.39. The summed E-state index contributed by atoms with van der Waals surface area (Å²) in [6, 6.07) is 0. The predicted molar refractivity (Wildman–Crippen MR) is 67.5 cm³/mol. The van der Waals surface area contributed by atoms with E-state index in [1.807, 2.05) is 20.8 Å². The third-order valence-electron chi connectivity index (χ3n) is 2.84. The molecule has 1 rings (SSSR count). The van der Waals surface area contributed by atoms with Gasteiger partial charge in [0.1, 0.15) is 5.69 Å². The van der Waals surface area contributed by atoms with Gasteiger partial charge in [0, 0.05) is 0 Å². The van der Waals surface area contributed by atoms with E-state index >= 15 is 0 Å². The Labute approximate surface area is 101 Å². The molecule has 0 aliphatic carbocycles. The zero-order valence-electron chi connectivity index (χ0n) is 11.1. The van der Waals surface area contributed by atoms with Gasteiger partial charge in [-0.15, -0.1) is 0 Å². The number of alkyl halides is 2. The Bertz CT molecular complexity index is 525. The maximum atomic E-state index is 12.9. The Kier molecular flexibility index (Phi) is 3.70. The standard InChI is InChI=1S/C14H19F2N/c1-7-10-8(2)11(14(4,5)6)9(3)12(17-10)13(15)16/h7,13H,2H2,1,3-6H3/b10-7+. The quantitative estimate of drug-likeness (QED) is 0.734. The van der Waals surface area contributed by atoms with E-state index in [9.17, 15) is 8.78 Å². The summed E-state index contributed by atoms with van der Waals surface area (Å²) < 4.78 is 25.9. The second kappa shape index (κ2) is 4.55. The highest BCUT2D eigenvalue weighted by Crippen LogP contribution is 2.27. The summed E-state index contributed by atoms with van der Waals surface area (Å²) in [6.45, 7) is 13.5. The summed E-state index contributed by atoms with van der Waals surface area (Å²) in [5, 5.41) is 1.30. The summed E-state index contributed by atoms with van der Waals surface area (Å²) in [5.41, 5.74) is 1.08. The Morgan fingerprint density at radius 1 is 1.29 bits per heavy atom. The van der Waals surface area contributed by atoms with Gasteiger partial charge < -0.3 is 0 Å².